The first kappa shape index (κ1) is 19.5. The molecule has 6 nitrogen and oxygen atoms in total. The number of hydrogen-bond acceptors (Lipinski definition) is 3. The number of aliphatic imine (C=N–C) groups is 1. The summed E-state index contributed by atoms with van der Waals surface area (Å²) in [4.78, 5) is 8.78. The molecule has 0 unspecified atom stereocenters. The Kier molecular flexibility index (Phi) is 7.03. The van der Waals surface area contributed by atoms with Crippen LogP contribution in [0.25, 0.3) is 0 Å². The Hall–Kier alpha value is -1.84. The Balaban J connectivity index is 0.00000225. The van der Waals surface area contributed by atoms with Gasteiger partial charge >= 0.3 is 0 Å². The molecule has 0 spiro atoms. The molecular formula is C17H24FIN6. The van der Waals surface area contributed by atoms with E-state index in [0.29, 0.717) is 12.5 Å². The van der Waals surface area contributed by atoms with Gasteiger partial charge in [-0.25, -0.2) is 4.39 Å². The highest BCUT2D eigenvalue weighted by molar-refractivity contribution is 14.0. The highest BCUT2D eigenvalue weighted by atomic mass is 127. The molecule has 8 heteroatoms. The monoisotopic (exact) mass is 458 g/mol. The normalized spacial score (nSPS) is 15.2. The number of halogens is 2. The Labute approximate surface area is 164 Å². The number of aryl methyl sites for hydroxylation is 1. The maximum atomic E-state index is 13.0. The molecule has 0 atom stereocenters. The van der Waals surface area contributed by atoms with Gasteiger partial charge in [0.05, 0.1) is 19.3 Å². The van der Waals surface area contributed by atoms with Crippen molar-refractivity contribution in [3.63, 3.8) is 0 Å². The molecule has 2 aromatic rings. The van der Waals surface area contributed by atoms with Crippen LogP contribution in [-0.2, 0) is 6.54 Å². The lowest BCUT2D eigenvalue weighted by Gasteiger charge is -2.36. The zero-order chi connectivity index (χ0) is 16.9. The van der Waals surface area contributed by atoms with E-state index in [1.807, 2.05) is 36.1 Å². The van der Waals surface area contributed by atoms with E-state index >= 15 is 0 Å². The number of hydrogen-bond donors (Lipinski definition) is 1. The first-order valence-electron chi connectivity index (χ1n) is 8.16. The number of nitrogens with two attached hydrogens (primary N) is 1. The molecule has 25 heavy (non-hydrogen) atoms. The van der Waals surface area contributed by atoms with E-state index in [2.05, 4.69) is 19.9 Å². The molecule has 1 aliphatic rings. The van der Waals surface area contributed by atoms with Gasteiger partial charge in [0.25, 0.3) is 0 Å². The van der Waals surface area contributed by atoms with Crippen molar-refractivity contribution in [2.75, 3.05) is 37.6 Å². The Morgan fingerprint density at radius 2 is 1.88 bits per heavy atom. The summed E-state index contributed by atoms with van der Waals surface area (Å²) in [6.45, 7) is 6.68. The van der Waals surface area contributed by atoms with Crippen LogP contribution in [0, 0.1) is 12.7 Å². The maximum absolute atomic E-state index is 13.0. The minimum atomic E-state index is -0.207. The molecule has 0 aliphatic carbocycles. The minimum absolute atomic E-state index is 0. The first-order valence-corrected chi connectivity index (χ1v) is 8.16. The van der Waals surface area contributed by atoms with Gasteiger partial charge in [-0.2, -0.15) is 5.10 Å². The van der Waals surface area contributed by atoms with Crippen LogP contribution in [-0.4, -0.2) is 53.4 Å². The lowest BCUT2D eigenvalue weighted by molar-refractivity contribution is 0.380. The van der Waals surface area contributed by atoms with Gasteiger partial charge in [-0.1, -0.05) is 0 Å². The highest BCUT2D eigenvalue weighted by Crippen LogP contribution is 2.16. The summed E-state index contributed by atoms with van der Waals surface area (Å²) in [5, 5.41) is 4.23. The average molecular weight is 458 g/mol. The van der Waals surface area contributed by atoms with Crippen molar-refractivity contribution >= 4 is 35.6 Å². The van der Waals surface area contributed by atoms with Crippen LogP contribution in [0.1, 0.15) is 5.56 Å². The first-order chi connectivity index (χ1) is 11.6. The third kappa shape index (κ3) is 5.32. The largest absolute Gasteiger partial charge is 0.370 e. The molecule has 1 fully saturated rings. The van der Waals surface area contributed by atoms with Crippen molar-refractivity contribution < 1.29 is 4.39 Å². The van der Waals surface area contributed by atoms with Crippen LogP contribution in [0.15, 0.2) is 41.7 Å². The summed E-state index contributed by atoms with van der Waals surface area (Å²) < 4.78 is 14.9. The highest BCUT2D eigenvalue weighted by Gasteiger charge is 2.18. The SMILES string of the molecule is Cc1cnn(CCN=C(N)N2CCN(c3ccc(F)cc3)CC2)c1.I. The fourth-order valence-corrected chi connectivity index (χ4v) is 2.80. The molecular weight excluding hydrogens is 434 g/mol. The lowest BCUT2D eigenvalue weighted by Crippen LogP contribution is -2.51. The molecule has 2 heterocycles. The molecule has 2 N–H and O–H groups in total. The Morgan fingerprint density at radius 1 is 1.20 bits per heavy atom. The molecule has 1 aliphatic heterocycles. The number of aromatic nitrogens is 2. The van der Waals surface area contributed by atoms with Crippen molar-refractivity contribution in [2.45, 2.75) is 13.5 Å². The number of rotatable bonds is 4. The second-order valence-corrected chi connectivity index (χ2v) is 5.97. The number of guanidine groups is 1. The van der Waals surface area contributed by atoms with Gasteiger partial charge in [0.2, 0.25) is 0 Å². The minimum Gasteiger partial charge on any atom is -0.370 e. The van der Waals surface area contributed by atoms with E-state index in [9.17, 15) is 4.39 Å². The number of anilines is 1. The smallest absolute Gasteiger partial charge is 0.191 e. The average Bonchev–Trinajstić information content (AvgIpc) is 3.01. The van der Waals surface area contributed by atoms with Gasteiger partial charge in [-0.15, -0.1) is 24.0 Å². The zero-order valence-corrected chi connectivity index (χ0v) is 16.6. The summed E-state index contributed by atoms with van der Waals surface area (Å²) in [5.41, 5.74) is 8.28. The van der Waals surface area contributed by atoms with Crippen LogP contribution >= 0.6 is 24.0 Å². The van der Waals surface area contributed by atoms with Gasteiger partial charge in [0, 0.05) is 38.1 Å². The molecule has 0 radical (unpaired) electrons. The Bertz CT molecular complexity index is 691. The van der Waals surface area contributed by atoms with E-state index < -0.39 is 0 Å². The lowest BCUT2D eigenvalue weighted by atomic mass is 10.2. The summed E-state index contributed by atoms with van der Waals surface area (Å²) in [6.07, 6.45) is 3.83. The second-order valence-electron chi connectivity index (χ2n) is 5.97. The number of benzene rings is 1. The van der Waals surface area contributed by atoms with E-state index in [1.54, 1.807) is 0 Å². The summed E-state index contributed by atoms with van der Waals surface area (Å²) in [7, 11) is 0. The van der Waals surface area contributed by atoms with Crippen LogP contribution in [0.2, 0.25) is 0 Å². The van der Waals surface area contributed by atoms with Crippen LogP contribution in [0.4, 0.5) is 10.1 Å². The predicted octanol–water partition coefficient (Wildman–Crippen LogP) is 2.09. The van der Waals surface area contributed by atoms with Gasteiger partial charge in [-0.05, 0) is 36.8 Å². The third-order valence-corrected chi connectivity index (χ3v) is 4.16. The summed E-state index contributed by atoms with van der Waals surface area (Å²) in [5.74, 6) is 0.374. The second kappa shape index (κ2) is 9.02. The van der Waals surface area contributed by atoms with E-state index in [0.717, 1.165) is 44.0 Å². The van der Waals surface area contributed by atoms with Crippen LogP contribution in [0.5, 0.6) is 0 Å². The van der Waals surface area contributed by atoms with Crippen LogP contribution in [0.3, 0.4) is 0 Å². The standard InChI is InChI=1S/C17H23FN6.HI/c1-14-12-21-24(13-14)7-6-20-17(19)23-10-8-22(9-11-23)16-4-2-15(18)3-5-16;/h2-5,12-13H,6-11H2,1H3,(H2,19,20);1H. The van der Waals surface area contributed by atoms with E-state index in [-0.39, 0.29) is 29.8 Å². The van der Waals surface area contributed by atoms with Gasteiger partial charge < -0.3 is 15.5 Å². The number of piperazine rings is 1. The fourth-order valence-electron chi connectivity index (χ4n) is 2.80. The van der Waals surface area contributed by atoms with E-state index in [4.69, 9.17) is 5.73 Å². The van der Waals surface area contributed by atoms with Crippen molar-refractivity contribution in [1.29, 1.82) is 0 Å². The molecule has 0 amide bonds. The zero-order valence-electron chi connectivity index (χ0n) is 14.3. The third-order valence-electron chi connectivity index (χ3n) is 4.16. The predicted molar refractivity (Wildman–Crippen MR) is 109 cm³/mol. The van der Waals surface area contributed by atoms with Crippen LogP contribution < -0.4 is 10.6 Å². The van der Waals surface area contributed by atoms with Gasteiger partial charge in [0.1, 0.15) is 5.82 Å². The molecule has 3 rings (SSSR count). The number of nitrogens with zero attached hydrogens (tertiary/aromatic N) is 5. The summed E-state index contributed by atoms with van der Waals surface area (Å²) >= 11 is 0. The van der Waals surface area contributed by atoms with Gasteiger partial charge in [-0.3, -0.25) is 9.67 Å². The summed E-state index contributed by atoms with van der Waals surface area (Å²) in [6, 6.07) is 6.62. The van der Waals surface area contributed by atoms with Gasteiger partial charge in [0.15, 0.2) is 5.96 Å². The van der Waals surface area contributed by atoms with Crippen molar-refractivity contribution in [1.82, 2.24) is 14.7 Å². The molecule has 1 aromatic heterocycles. The molecule has 0 bridgehead atoms. The fraction of sp³-hybridized carbons (Fsp3) is 0.412. The van der Waals surface area contributed by atoms with Crippen molar-refractivity contribution in [3.8, 4) is 0 Å². The molecule has 136 valence electrons. The molecule has 1 saturated heterocycles. The molecule has 0 saturated carbocycles. The van der Waals surface area contributed by atoms with E-state index in [1.165, 1.54) is 12.1 Å². The molecule has 1 aromatic carbocycles. The Morgan fingerprint density at radius 3 is 2.48 bits per heavy atom. The quantitative estimate of drug-likeness (QED) is 0.433. The topological polar surface area (TPSA) is 62.7 Å². The van der Waals surface area contributed by atoms with Crippen molar-refractivity contribution in [2.24, 2.45) is 10.7 Å². The van der Waals surface area contributed by atoms with Crippen molar-refractivity contribution in [3.05, 3.63) is 48.0 Å². The maximum Gasteiger partial charge on any atom is 0.191 e.